The minimum absolute atomic E-state index is 1.18. The number of benzene rings is 6. The molecule has 0 aliphatic carbocycles. The second-order valence-corrected chi connectivity index (χ2v) is 9.06. The third-order valence-corrected chi connectivity index (χ3v) is 7.00. The molecule has 0 spiro atoms. The van der Waals surface area contributed by atoms with Gasteiger partial charge in [0.25, 0.3) is 0 Å². The first kappa shape index (κ1) is 21.1. The van der Waals surface area contributed by atoms with Crippen molar-refractivity contribution >= 4 is 27.6 Å². The van der Waals surface area contributed by atoms with Crippen molar-refractivity contribution < 1.29 is 0 Å². The molecule has 6 rings (SSSR count). The molecule has 0 radical (unpaired) electrons. The van der Waals surface area contributed by atoms with E-state index < -0.39 is 0 Å². The van der Waals surface area contributed by atoms with Crippen LogP contribution in [-0.2, 0) is 0 Å². The Morgan fingerprint density at radius 1 is 0.457 bits per heavy atom. The molecule has 6 aromatic carbocycles. The Hall–Kier alpha value is -4.42. The van der Waals surface area contributed by atoms with E-state index in [0.717, 1.165) is 0 Å². The van der Waals surface area contributed by atoms with Crippen LogP contribution < -0.4 is 0 Å². The molecule has 0 saturated heterocycles. The number of hydrogen-bond donors (Lipinski definition) is 0. The van der Waals surface area contributed by atoms with Gasteiger partial charge in [-0.3, -0.25) is 0 Å². The fraction of sp³-hybridized carbons (Fsp3) is 0.0286. The maximum atomic E-state index is 4.03. The Morgan fingerprint density at radius 3 is 1.43 bits per heavy atom. The molecule has 0 N–H and O–H groups in total. The Labute approximate surface area is 206 Å². The minimum Gasteiger partial charge on any atom is -0.0985 e. The summed E-state index contributed by atoms with van der Waals surface area (Å²) >= 11 is 0. The summed E-state index contributed by atoms with van der Waals surface area (Å²) in [5, 5.41) is 5.09. The third kappa shape index (κ3) is 3.64. The Balaban J connectivity index is 1.64. The van der Waals surface area contributed by atoms with Crippen LogP contribution in [0.3, 0.4) is 0 Å². The summed E-state index contributed by atoms with van der Waals surface area (Å²) in [6, 6.07) is 43.9. The molecule has 0 aliphatic heterocycles. The van der Waals surface area contributed by atoms with Crippen LogP contribution in [0, 0.1) is 6.92 Å². The van der Waals surface area contributed by atoms with Gasteiger partial charge in [0, 0.05) is 0 Å². The molecule has 35 heavy (non-hydrogen) atoms. The summed E-state index contributed by atoms with van der Waals surface area (Å²) in [5.41, 5.74) is 9.92. The van der Waals surface area contributed by atoms with Gasteiger partial charge in [-0.25, -0.2) is 0 Å². The van der Waals surface area contributed by atoms with E-state index in [1.54, 1.807) is 0 Å². The van der Waals surface area contributed by atoms with Crippen molar-refractivity contribution in [2.45, 2.75) is 6.92 Å². The van der Waals surface area contributed by atoms with E-state index in [0.29, 0.717) is 0 Å². The number of aryl methyl sites for hydroxylation is 1. The molecule has 0 atom stereocenters. The van der Waals surface area contributed by atoms with Crippen molar-refractivity contribution in [2.75, 3.05) is 0 Å². The normalized spacial score (nSPS) is 11.1. The predicted molar refractivity (Wildman–Crippen MR) is 153 cm³/mol. The molecule has 0 fully saturated rings. The molecule has 0 aliphatic rings. The lowest BCUT2D eigenvalue weighted by atomic mass is 9.85. The summed E-state index contributed by atoms with van der Waals surface area (Å²) in [6.07, 6.45) is 1.95. The SMILES string of the molecule is C=Cc1cc(-c2c3ccccc3c(-c3ccc(-c4ccccc4)cc3)c3ccccc23)ccc1C. The molecular weight excluding hydrogens is 420 g/mol. The van der Waals surface area contributed by atoms with Gasteiger partial charge < -0.3 is 0 Å². The van der Waals surface area contributed by atoms with Crippen molar-refractivity contribution in [3.8, 4) is 33.4 Å². The van der Waals surface area contributed by atoms with E-state index in [9.17, 15) is 0 Å². The van der Waals surface area contributed by atoms with Crippen molar-refractivity contribution in [1.29, 1.82) is 0 Å². The van der Waals surface area contributed by atoms with E-state index in [-0.39, 0.29) is 0 Å². The van der Waals surface area contributed by atoms with E-state index in [1.165, 1.54) is 66.1 Å². The van der Waals surface area contributed by atoms with Crippen LogP contribution >= 0.6 is 0 Å². The highest BCUT2D eigenvalue weighted by Crippen LogP contribution is 2.44. The lowest BCUT2D eigenvalue weighted by Crippen LogP contribution is -1.92. The second kappa shape index (κ2) is 8.74. The number of fused-ring (bicyclic) bond motifs is 2. The van der Waals surface area contributed by atoms with Crippen molar-refractivity contribution in [3.05, 3.63) is 139 Å². The van der Waals surface area contributed by atoms with Gasteiger partial charge in [0.05, 0.1) is 0 Å². The smallest absolute Gasteiger partial charge is 0.00262 e. The van der Waals surface area contributed by atoms with Gasteiger partial charge in [-0.05, 0) is 79.0 Å². The molecule has 0 nitrogen and oxygen atoms in total. The zero-order valence-corrected chi connectivity index (χ0v) is 19.8. The van der Waals surface area contributed by atoms with Gasteiger partial charge >= 0.3 is 0 Å². The maximum absolute atomic E-state index is 4.03. The lowest BCUT2D eigenvalue weighted by molar-refractivity contribution is 1.45. The van der Waals surface area contributed by atoms with Crippen molar-refractivity contribution in [2.24, 2.45) is 0 Å². The van der Waals surface area contributed by atoms with E-state index in [4.69, 9.17) is 0 Å². The van der Waals surface area contributed by atoms with E-state index >= 15 is 0 Å². The molecule has 6 aromatic rings. The van der Waals surface area contributed by atoms with Crippen LogP contribution in [0.25, 0.3) is 61.0 Å². The zero-order valence-electron chi connectivity index (χ0n) is 19.8. The van der Waals surface area contributed by atoms with Crippen molar-refractivity contribution in [1.82, 2.24) is 0 Å². The standard InChI is InChI=1S/C35H26/c1-3-25-23-29(18-17-24(25)2)35-32-15-9-7-13-30(32)34(31-14-8-10-16-33(31)35)28-21-19-27(20-22-28)26-11-5-4-6-12-26/h3-23H,1H2,2H3. The van der Waals surface area contributed by atoms with Gasteiger partial charge in [-0.1, -0.05) is 128 Å². The highest BCUT2D eigenvalue weighted by molar-refractivity contribution is 6.21. The van der Waals surface area contributed by atoms with Gasteiger partial charge in [0.2, 0.25) is 0 Å². The first-order chi connectivity index (χ1) is 17.2. The summed E-state index contributed by atoms with van der Waals surface area (Å²) in [5.74, 6) is 0. The van der Waals surface area contributed by atoms with Gasteiger partial charge in [-0.2, -0.15) is 0 Å². The highest BCUT2D eigenvalue weighted by atomic mass is 14.2. The Bertz CT molecular complexity index is 1630. The van der Waals surface area contributed by atoms with Gasteiger partial charge in [-0.15, -0.1) is 0 Å². The van der Waals surface area contributed by atoms with Crippen LogP contribution in [0.1, 0.15) is 11.1 Å². The van der Waals surface area contributed by atoms with Gasteiger partial charge in [0.15, 0.2) is 0 Å². The van der Waals surface area contributed by atoms with Crippen LogP contribution in [0.15, 0.2) is 128 Å². The van der Waals surface area contributed by atoms with Crippen LogP contribution in [0.5, 0.6) is 0 Å². The zero-order chi connectivity index (χ0) is 23.8. The number of hydrogen-bond acceptors (Lipinski definition) is 0. The monoisotopic (exact) mass is 446 g/mol. The molecule has 0 amide bonds. The highest BCUT2D eigenvalue weighted by Gasteiger charge is 2.16. The fourth-order valence-electron chi connectivity index (χ4n) is 5.23. The molecule has 0 heterocycles. The first-order valence-corrected chi connectivity index (χ1v) is 12.1. The largest absolute Gasteiger partial charge is 0.0985 e. The molecular formula is C35H26. The fourth-order valence-corrected chi connectivity index (χ4v) is 5.23. The summed E-state index contributed by atoms with van der Waals surface area (Å²) < 4.78 is 0. The Morgan fingerprint density at radius 2 is 0.886 bits per heavy atom. The summed E-state index contributed by atoms with van der Waals surface area (Å²) in [6.45, 7) is 6.17. The summed E-state index contributed by atoms with van der Waals surface area (Å²) in [7, 11) is 0. The van der Waals surface area contributed by atoms with Crippen LogP contribution in [0.4, 0.5) is 0 Å². The minimum atomic E-state index is 1.18. The lowest BCUT2D eigenvalue weighted by Gasteiger charge is -2.18. The quantitative estimate of drug-likeness (QED) is 0.236. The average molecular weight is 447 g/mol. The molecule has 0 bridgehead atoms. The van der Waals surface area contributed by atoms with E-state index in [1.807, 2.05) is 6.08 Å². The predicted octanol–water partition coefficient (Wildman–Crippen LogP) is 9.95. The topological polar surface area (TPSA) is 0 Å². The second-order valence-electron chi connectivity index (χ2n) is 9.06. The molecule has 0 aromatic heterocycles. The molecule has 166 valence electrons. The molecule has 0 unspecified atom stereocenters. The Kier molecular flexibility index (Phi) is 5.28. The van der Waals surface area contributed by atoms with Crippen LogP contribution in [-0.4, -0.2) is 0 Å². The average Bonchev–Trinajstić information content (AvgIpc) is 2.93. The van der Waals surface area contributed by atoms with Crippen molar-refractivity contribution in [3.63, 3.8) is 0 Å². The number of rotatable bonds is 4. The summed E-state index contributed by atoms with van der Waals surface area (Å²) in [4.78, 5) is 0. The van der Waals surface area contributed by atoms with Gasteiger partial charge in [0.1, 0.15) is 0 Å². The third-order valence-electron chi connectivity index (χ3n) is 7.00. The van der Waals surface area contributed by atoms with Crippen LogP contribution in [0.2, 0.25) is 0 Å². The molecule has 0 saturated carbocycles. The molecule has 0 heteroatoms. The first-order valence-electron chi connectivity index (χ1n) is 12.1. The maximum Gasteiger partial charge on any atom is -0.00262 e. The van der Waals surface area contributed by atoms with E-state index in [2.05, 4.69) is 135 Å².